The van der Waals surface area contributed by atoms with E-state index in [9.17, 15) is 0 Å². The fourth-order valence-corrected chi connectivity index (χ4v) is 2.23. The molecule has 0 atom stereocenters. The number of hydrogen-bond acceptors (Lipinski definition) is 2. The molecule has 2 N–H and O–H groups in total. The molecule has 2 nitrogen and oxygen atoms in total. The van der Waals surface area contributed by atoms with Crippen LogP contribution >= 0.6 is 11.6 Å². The largest absolute Gasteiger partial charge is 0.380 e. The van der Waals surface area contributed by atoms with Crippen molar-refractivity contribution in [1.82, 2.24) is 0 Å². The van der Waals surface area contributed by atoms with Crippen LogP contribution in [0.4, 0.5) is 0 Å². The van der Waals surface area contributed by atoms with Gasteiger partial charge in [-0.1, -0.05) is 17.7 Å². The molecule has 3 heteroatoms. The van der Waals surface area contributed by atoms with Crippen LogP contribution in [0.15, 0.2) is 18.2 Å². The maximum atomic E-state index is 6.03. The van der Waals surface area contributed by atoms with Crippen LogP contribution < -0.4 is 5.73 Å². The van der Waals surface area contributed by atoms with E-state index in [0.717, 1.165) is 5.02 Å². The smallest absolute Gasteiger partial charge is 0.0715 e. The molecule has 82 valence electrons. The van der Waals surface area contributed by atoms with Crippen molar-refractivity contribution in [3.8, 4) is 0 Å². The van der Waals surface area contributed by atoms with Crippen molar-refractivity contribution >= 4 is 11.6 Å². The van der Waals surface area contributed by atoms with Crippen molar-refractivity contribution in [1.29, 1.82) is 0 Å². The highest BCUT2D eigenvalue weighted by Gasteiger charge is 2.44. The number of benzene rings is 1. The monoisotopic (exact) mass is 225 g/mol. The van der Waals surface area contributed by atoms with Crippen molar-refractivity contribution < 1.29 is 4.74 Å². The Balaban J connectivity index is 2.38. The van der Waals surface area contributed by atoms with Crippen LogP contribution in [0.3, 0.4) is 0 Å². The second kappa shape index (κ2) is 4.12. The zero-order valence-corrected chi connectivity index (χ0v) is 9.68. The van der Waals surface area contributed by atoms with Gasteiger partial charge in [0, 0.05) is 24.1 Å². The summed E-state index contributed by atoms with van der Waals surface area (Å²) in [6, 6.07) is 5.98. The van der Waals surface area contributed by atoms with Gasteiger partial charge in [0.25, 0.3) is 0 Å². The van der Waals surface area contributed by atoms with Crippen LogP contribution in [-0.2, 0) is 16.8 Å². The quantitative estimate of drug-likeness (QED) is 0.855. The van der Waals surface area contributed by atoms with Crippen LogP contribution in [0.25, 0.3) is 0 Å². The third-order valence-electron chi connectivity index (χ3n) is 3.19. The molecule has 0 radical (unpaired) electrons. The van der Waals surface area contributed by atoms with Crippen molar-refractivity contribution in [2.24, 2.45) is 5.73 Å². The maximum absolute atomic E-state index is 6.03. The van der Waals surface area contributed by atoms with E-state index in [-0.39, 0.29) is 5.41 Å². The lowest BCUT2D eigenvalue weighted by molar-refractivity contribution is 0.183. The summed E-state index contributed by atoms with van der Waals surface area (Å²) in [5.41, 5.74) is 8.50. The summed E-state index contributed by atoms with van der Waals surface area (Å²) >= 11 is 6.03. The minimum Gasteiger partial charge on any atom is -0.380 e. The lowest BCUT2D eigenvalue weighted by Crippen LogP contribution is -2.21. The number of halogens is 1. The molecule has 0 unspecified atom stereocenters. The first-order chi connectivity index (χ1) is 7.22. The second-order valence-corrected chi connectivity index (χ2v) is 4.66. The fraction of sp³-hybridized carbons (Fsp3) is 0.500. The van der Waals surface area contributed by atoms with Crippen LogP contribution in [0.5, 0.6) is 0 Å². The van der Waals surface area contributed by atoms with E-state index in [1.807, 2.05) is 18.2 Å². The van der Waals surface area contributed by atoms with Gasteiger partial charge in [-0.2, -0.15) is 0 Å². The third-order valence-corrected chi connectivity index (χ3v) is 3.42. The van der Waals surface area contributed by atoms with Crippen LogP contribution in [0.1, 0.15) is 24.0 Å². The van der Waals surface area contributed by atoms with E-state index in [4.69, 9.17) is 22.1 Å². The lowest BCUT2D eigenvalue weighted by Gasteiger charge is -2.17. The Labute approximate surface area is 95.4 Å². The molecule has 1 aliphatic rings. The normalized spacial score (nSPS) is 17.8. The van der Waals surface area contributed by atoms with Crippen molar-refractivity contribution in [3.05, 3.63) is 34.3 Å². The first kappa shape index (κ1) is 10.9. The molecular formula is C12H16ClNO. The Morgan fingerprint density at radius 3 is 2.73 bits per heavy atom. The zero-order chi connectivity index (χ0) is 10.9. The number of hydrogen-bond donors (Lipinski definition) is 1. The van der Waals surface area contributed by atoms with Crippen molar-refractivity contribution in [3.63, 3.8) is 0 Å². The SMILES string of the molecule is COCc1ccc(Cl)cc1C1(CN)CC1. The van der Waals surface area contributed by atoms with Gasteiger partial charge in [0.1, 0.15) is 0 Å². The van der Waals surface area contributed by atoms with Crippen LogP contribution in [-0.4, -0.2) is 13.7 Å². The molecule has 0 bridgehead atoms. The molecule has 1 fully saturated rings. The lowest BCUT2D eigenvalue weighted by atomic mass is 9.91. The summed E-state index contributed by atoms with van der Waals surface area (Å²) in [7, 11) is 1.71. The zero-order valence-electron chi connectivity index (χ0n) is 8.92. The molecule has 1 aromatic carbocycles. The molecule has 15 heavy (non-hydrogen) atoms. The molecular weight excluding hydrogens is 210 g/mol. The molecule has 1 aromatic rings. The first-order valence-corrected chi connectivity index (χ1v) is 5.57. The van der Waals surface area contributed by atoms with Crippen molar-refractivity contribution in [2.45, 2.75) is 24.9 Å². The molecule has 1 saturated carbocycles. The summed E-state index contributed by atoms with van der Waals surface area (Å²) in [5, 5.41) is 0.782. The summed E-state index contributed by atoms with van der Waals surface area (Å²) in [5.74, 6) is 0. The Morgan fingerprint density at radius 2 is 2.20 bits per heavy atom. The molecule has 0 amide bonds. The molecule has 0 heterocycles. The number of ether oxygens (including phenoxy) is 1. The fourth-order valence-electron chi connectivity index (χ4n) is 2.06. The van der Waals surface area contributed by atoms with Gasteiger partial charge in [-0.15, -0.1) is 0 Å². The van der Waals surface area contributed by atoms with E-state index in [1.54, 1.807) is 7.11 Å². The average Bonchev–Trinajstić information content (AvgIpc) is 3.02. The summed E-state index contributed by atoms with van der Waals surface area (Å²) < 4.78 is 5.19. The number of nitrogens with two attached hydrogens (primary N) is 1. The molecule has 1 aliphatic carbocycles. The molecule has 0 spiro atoms. The Hall–Kier alpha value is -0.570. The minimum absolute atomic E-state index is 0.179. The van der Waals surface area contributed by atoms with Gasteiger partial charge in [0.15, 0.2) is 0 Å². The highest BCUT2D eigenvalue weighted by Crippen LogP contribution is 2.49. The third kappa shape index (κ3) is 2.03. The standard InChI is InChI=1S/C12H16ClNO/c1-15-7-9-2-3-10(13)6-11(9)12(8-14)4-5-12/h2-3,6H,4-5,7-8,14H2,1H3. The van der Waals surface area contributed by atoms with E-state index >= 15 is 0 Å². The molecule has 0 aliphatic heterocycles. The second-order valence-electron chi connectivity index (χ2n) is 4.22. The topological polar surface area (TPSA) is 35.2 Å². The van der Waals surface area contributed by atoms with E-state index in [1.165, 1.54) is 24.0 Å². The predicted molar refractivity (Wildman–Crippen MR) is 62.1 cm³/mol. The van der Waals surface area contributed by atoms with Crippen LogP contribution in [0, 0.1) is 0 Å². The van der Waals surface area contributed by atoms with Gasteiger partial charge in [0.05, 0.1) is 6.61 Å². The van der Waals surface area contributed by atoms with Gasteiger partial charge in [-0.05, 0) is 36.1 Å². The summed E-state index contributed by atoms with van der Waals surface area (Å²) in [6.45, 7) is 1.33. The highest BCUT2D eigenvalue weighted by atomic mass is 35.5. The van der Waals surface area contributed by atoms with Gasteiger partial charge >= 0.3 is 0 Å². The minimum atomic E-state index is 0.179. The molecule has 0 saturated heterocycles. The molecule has 2 rings (SSSR count). The number of methoxy groups -OCH3 is 1. The maximum Gasteiger partial charge on any atom is 0.0715 e. The first-order valence-electron chi connectivity index (χ1n) is 5.20. The van der Waals surface area contributed by atoms with E-state index in [2.05, 4.69) is 0 Å². The van der Waals surface area contributed by atoms with E-state index in [0.29, 0.717) is 13.2 Å². The molecule has 0 aromatic heterocycles. The van der Waals surface area contributed by atoms with Gasteiger partial charge < -0.3 is 10.5 Å². The Morgan fingerprint density at radius 1 is 1.47 bits per heavy atom. The highest BCUT2D eigenvalue weighted by molar-refractivity contribution is 6.30. The summed E-state index contributed by atoms with van der Waals surface area (Å²) in [4.78, 5) is 0. The van der Waals surface area contributed by atoms with Gasteiger partial charge in [-0.25, -0.2) is 0 Å². The Bertz CT molecular complexity index is 361. The van der Waals surface area contributed by atoms with Crippen LogP contribution in [0.2, 0.25) is 5.02 Å². The van der Waals surface area contributed by atoms with E-state index < -0.39 is 0 Å². The summed E-state index contributed by atoms with van der Waals surface area (Å²) in [6.07, 6.45) is 2.33. The van der Waals surface area contributed by atoms with Crippen molar-refractivity contribution in [2.75, 3.05) is 13.7 Å². The Kier molecular flexibility index (Phi) is 3.01. The predicted octanol–water partition coefficient (Wildman–Crippen LogP) is 2.48. The number of rotatable bonds is 4. The average molecular weight is 226 g/mol. The van der Waals surface area contributed by atoms with Gasteiger partial charge in [0.2, 0.25) is 0 Å². The van der Waals surface area contributed by atoms with Gasteiger partial charge in [-0.3, -0.25) is 0 Å².